The molecule has 0 aliphatic rings. The van der Waals surface area contributed by atoms with E-state index >= 15 is 0 Å². The summed E-state index contributed by atoms with van der Waals surface area (Å²) >= 11 is -5.86. The average Bonchev–Trinajstić information content (AvgIpc) is 0.722. The van der Waals surface area contributed by atoms with Gasteiger partial charge < -0.3 is 0 Å². The van der Waals surface area contributed by atoms with Crippen molar-refractivity contribution in [1.29, 1.82) is 0 Å². The summed E-state index contributed by atoms with van der Waals surface area (Å²) in [6, 6.07) is 0. The maximum Gasteiger partial charge on any atom is 0 e. The molecule has 0 unspecified atom stereocenters. The zero-order chi connectivity index (χ0) is 4.50. The first-order valence-electron chi connectivity index (χ1n) is 0.632. The van der Waals surface area contributed by atoms with E-state index < -0.39 is 15.8 Å². The van der Waals surface area contributed by atoms with Gasteiger partial charge >= 0.3 is 30.0 Å². The van der Waals surface area contributed by atoms with Crippen LogP contribution in [0.1, 0.15) is 0 Å². The Bertz CT molecular complexity index is 127. The van der Waals surface area contributed by atoms with Gasteiger partial charge in [0.15, 0.2) is 0 Å². The van der Waals surface area contributed by atoms with E-state index in [0.29, 0.717) is 0 Å². The zero-order valence-corrected chi connectivity index (χ0v) is 7.86. The van der Waals surface area contributed by atoms with Gasteiger partial charge in [0, 0.05) is 20.4 Å². The molecule has 1 radical (unpaired) electrons. The van der Waals surface area contributed by atoms with Gasteiger partial charge in [-0.3, -0.25) is 0 Å². The molecular weight excluding hydrogens is 436 g/mol. The van der Waals surface area contributed by atoms with Crippen molar-refractivity contribution in [2.45, 2.75) is 0 Å². The van der Waals surface area contributed by atoms with Crippen LogP contribution in [-0.2, 0) is 46.6 Å². The Hall–Kier alpha value is 0.685. The van der Waals surface area contributed by atoms with E-state index in [1.54, 1.807) is 0 Å². The second-order valence-electron chi connectivity index (χ2n) is 0.396. The second-order valence-corrected chi connectivity index (χ2v) is 3.24. The molecule has 0 aromatic heterocycles. The molecule has 0 saturated heterocycles. The molecule has 1 N–H and O–H groups in total. The van der Waals surface area contributed by atoms with Crippen molar-refractivity contribution >= 4 is 0 Å². The van der Waals surface area contributed by atoms with Gasteiger partial charge in [-0.1, -0.05) is 0 Å². The van der Waals surface area contributed by atoms with E-state index in [9.17, 15) is 0 Å². The maximum atomic E-state index is 8.75. The van der Waals surface area contributed by atoms with Crippen LogP contribution in [0.3, 0.4) is 0 Å². The fourth-order valence-corrected chi connectivity index (χ4v) is 0. The molecule has 0 aromatic rings. The molecule has 0 aromatic carbocycles. The van der Waals surface area contributed by atoms with E-state index in [4.69, 9.17) is 14.2 Å². The summed E-state index contributed by atoms with van der Waals surface area (Å²) in [4.78, 5) is 0. The molecule has 0 amide bonds. The fourth-order valence-electron chi connectivity index (χ4n) is 0. The minimum absolute atomic E-state index is 0. The molecule has 4 nitrogen and oxygen atoms in total. The van der Waals surface area contributed by atoms with Crippen molar-refractivity contribution < 1.29 is 50.4 Å². The fraction of sp³-hybridized carbons (Fsp3) is 0. The summed E-state index contributed by atoms with van der Waals surface area (Å²) in [5.74, 6) is 0. The Morgan fingerprint density at radius 2 is 1.17 bits per heavy atom. The number of hydrogen-bond donors (Lipinski definition) is 1. The molecule has 0 rings (SSSR count). The van der Waals surface area contributed by atoms with Crippen LogP contribution < -0.4 is 0 Å². The van der Waals surface area contributed by atoms with Crippen LogP contribution in [0.15, 0.2) is 0 Å². The Balaban J connectivity index is 0. The second kappa shape index (κ2) is 2.79. The summed E-state index contributed by atoms with van der Waals surface area (Å²) < 4.78 is 33.3. The molecule has 0 saturated carbocycles. The quantitative estimate of drug-likeness (QED) is 0.533. The standard InChI is InChI=1S/H2O.3O.2Re/h1H2;;;;;/q;;;;;+1/p-1. The Morgan fingerprint density at radius 3 is 1.17 bits per heavy atom. The largest absolute Gasteiger partial charge is 0 e. The molecular formula is HO4Re2. The van der Waals surface area contributed by atoms with E-state index in [1.165, 1.54) is 0 Å². The monoisotopic (exact) mass is 439 g/mol. The van der Waals surface area contributed by atoms with Crippen LogP contribution in [0, 0.1) is 0 Å². The first-order chi connectivity index (χ1) is 2.00. The Labute approximate surface area is 50.5 Å². The average molecular weight is 437 g/mol. The van der Waals surface area contributed by atoms with E-state index in [2.05, 4.69) is 0 Å². The summed E-state index contributed by atoms with van der Waals surface area (Å²) in [6.45, 7) is 0. The topological polar surface area (TPSA) is 71.4 Å². The van der Waals surface area contributed by atoms with Crippen LogP contribution >= 0.6 is 0 Å². The number of rotatable bonds is 0. The first kappa shape index (κ1) is 9.84. The maximum absolute atomic E-state index is 8.75. The van der Waals surface area contributed by atoms with Crippen LogP contribution in [0.4, 0.5) is 0 Å². The van der Waals surface area contributed by atoms with Crippen LogP contribution in [0.5, 0.6) is 0 Å². The van der Waals surface area contributed by atoms with Gasteiger partial charge in [-0.15, -0.1) is 0 Å². The van der Waals surface area contributed by atoms with Crippen molar-refractivity contribution in [3.05, 3.63) is 0 Å². The smallest absolute Gasteiger partial charge is 0 e. The van der Waals surface area contributed by atoms with E-state index in [1.807, 2.05) is 0 Å². The van der Waals surface area contributed by atoms with Gasteiger partial charge in [0.2, 0.25) is 0 Å². The molecule has 0 aliphatic heterocycles. The third-order valence-corrected chi connectivity index (χ3v) is 0. The predicted molar refractivity (Wildman–Crippen MR) is 4.28 cm³/mol. The molecule has 0 fully saturated rings. The minimum atomic E-state index is -5.86. The molecule has 0 bridgehead atoms. The van der Waals surface area contributed by atoms with Crippen molar-refractivity contribution in [2.24, 2.45) is 0 Å². The summed E-state index contributed by atoms with van der Waals surface area (Å²) in [6.07, 6.45) is 0. The molecule has 0 heterocycles. The summed E-state index contributed by atoms with van der Waals surface area (Å²) in [5, 5.41) is 0. The van der Waals surface area contributed by atoms with Crippen molar-refractivity contribution in [3.63, 3.8) is 0 Å². The SMILES string of the molecule is [O]=[Re](=[O])(=[O])[OH].[Re]. The number of hydrogen-bond acceptors (Lipinski definition) is 3. The Kier molecular flexibility index (Phi) is 4.58. The minimum Gasteiger partial charge on any atom is 0 e. The van der Waals surface area contributed by atoms with Crippen LogP contribution in [0.2, 0.25) is 0 Å². The first-order valence-corrected chi connectivity index (χ1v) is 5.17. The van der Waals surface area contributed by atoms with E-state index in [-0.39, 0.29) is 20.4 Å². The van der Waals surface area contributed by atoms with Gasteiger partial charge in [0.25, 0.3) is 0 Å². The van der Waals surface area contributed by atoms with Crippen molar-refractivity contribution in [1.82, 2.24) is 0 Å². The van der Waals surface area contributed by atoms with Crippen LogP contribution in [0.25, 0.3) is 0 Å². The Morgan fingerprint density at radius 1 is 1.17 bits per heavy atom. The third kappa shape index (κ3) is 136. The van der Waals surface area contributed by atoms with Crippen molar-refractivity contribution in [3.8, 4) is 0 Å². The van der Waals surface area contributed by atoms with Gasteiger partial charge in [-0.05, 0) is 0 Å². The normalized spacial score (nSPS) is 9.50. The van der Waals surface area contributed by atoms with E-state index in [0.717, 1.165) is 0 Å². The molecule has 0 spiro atoms. The molecule has 6 heteroatoms. The van der Waals surface area contributed by atoms with Gasteiger partial charge in [-0.2, -0.15) is 0 Å². The summed E-state index contributed by atoms with van der Waals surface area (Å²) in [7, 11) is 0. The van der Waals surface area contributed by atoms with Gasteiger partial charge in [0.1, 0.15) is 0 Å². The molecule has 0 atom stereocenters. The summed E-state index contributed by atoms with van der Waals surface area (Å²) in [5.41, 5.74) is 0. The van der Waals surface area contributed by atoms with Gasteiger partial charge in [0.05, 0.1) is 0 Å². The molecule has 6 heavy (non-hydrogen) atoms. The predicted octanol–water partition coefficient (Wildman–Crippen LogP) is -0.918. The van der Waals surface area contributed by atoms with Crippen LogP contribution in [-0.4, -0.2) is 3.83 Å². The van der Waals surface area contributed by atoms with Crippen molar-refractivity contribution in [2.75, 3.05) is 0 Å². The zero-order valence-electron chi connectivity index (χ0n) is 2.43. The van der Waals surface area contributed by atoms with Gasteiger partial charge in [-0.25, -0.2) is 0 Å². The third-order valence-electron chi connectivity index (χ3n) is 0. The molecule has 0 aliphatic carbocycles. The molecule has 39 valence electrons.